The summed E-state index contributed by atoms with van der Waals surface area (Å²) in [6, 6.07) is 28.7. The van der Waals surface area contributed by atoms with Crippen LogP contribution in [-0.2, 0) is 34.4 Å². The summed E-state index contributed by atoms with van der Waals surface area (Å²) in [5.41, 5.74) is 1.46. The van der Waals surface area contributed by atoms with Crippen molar-refractivity contribution in [2.75, 3.05) is 13.2 Å². The monoisotopic (exact) mass is 708 g/mol. The molecule has 6 rings (SSSR count). The number of imide groups is 6. The van der Waals surface area contributed by atoms with E-state index < -0.39 is 41.0 Å². The van der Waals surface area contributed by atoms with E-state index in [9.17, 15) is 28.8 Å². The second-order valence-electron chi connectivity index (χ2n) is 12.1. The van der Waals surface area contributed by atoms with Gasteiger partial charge in [0.05, 0.1) is 13.2 Å². The number of ether oxygens (including phenoxy) is 3. The zero-order chi connectivity index (χ0) is 35.8. The molecule has 4 aromatic rings. The summed E-state index contributed by atoms with van der Waals surface area (Å²) in [7, 11) is 0. The number of carbonyl (C=O) groups is 6. The van der Waals surface area contributed by atoms with Crippen molar-refractivity contribution in [1.82, 2.24) is 9.80 Å². The van der Waals surface area contributed by atoms with E-state index in [2.05, 4.69) is 0 Å². The SMILES string of the molecule is O=C(CCCOc1ccc(C(Oc2cccs2)(c2ccccc2)c2ccc(OCCCC(=O)N3C(=O)CCC3=O)cc2)cc1)N1C(=O)CCC1=O. The first-order valence-electron chi connectivity index (χ1n) is 16.8. The summed E-state index contributed by atoms with van der Waals surface area (Å²) in [4.78, 5) is 73.7. The number of nitrogens with zero attached hydrogens (tertiary/aromatic N) is 2. The predicted molar refractivity (Wildman–Crippen MR) is 186 cm³/mol. The van der Waals surface area contributed by atoms with E-state index in [-0.39, 0.29) is 51.7 Å². The number of benzene rings is 3. The Balaban J connectivity index is 1.17. The highest BCUT2D eigenvalue weighted by atomic mass is 32.1. The molecule has 2 aliphatic rings. The van der Waals surface area contributed by atoms with Crippen LogP contribution < -0.4 is 14.2 Å². The fraction of sp³-hybridized carbons (Fsp3) is 0.282. The minimum Gasteiger partial charge on any atom is -0.494 e. The van der Waals surface area contributed by atoms with Crippen molar-refractivity contribution in [2.45, 2.75) is 57.0 Å². The van der Waals surface area contributed by atoms with Gasteiger partial charge in [0.1, 0.15) is 11.5 Å². The van der Waals surface area contributed by atoms with Crippen LogP contribution in [-0.4, -0.2) is 58.5 Å². The summed E-state index contributed by atoms with van der Waals surface area (Å²) >= 11 is 1.47. The fourth-order valence-electron chi connectivity index (χ4n) is 6.15. The summed E-state index contributed by atoms with van der Waals surface area (Å²) in [6.45, 7) is 0.446. The molecule has 3 heterocycles. The molecule has 2 saturated heterocycles. The van der Waals surface area contributed by atoms with Gasteiger partial charge in [-0.15, -0.1) is 11.3 Å². The first-order valence-corrected chi connectivity index (χ1v) is 17.7. The molecule has 0 atom stereocenters. The van der Waals surface area contributed by atoms with Crippen molar-refractivity contribution in [2.24, 2.45) is 0 Å². The molecule has 11 nitrogen and oxygen atoms in total. The molecule has 0 unspecified atom stereocenters. The minimum absolute atomic E-state index is 0.0276. The van der Waals surface area contributed by atoms with E-state index in [4.69, 9.17) is 14.2 Å². The van der Waals surface area contributed by atoms with Crippen LogP contribution in [0.15, 0.2) is 96.4 Å². The normalized spacial score (nSPS) is 14.7. The summed E-state index contributed by atoms with van der Waals surface area (Å²) < 4.78 is 18.7. The molecule has 12 heteroatoms. The number of hydrogen-bond donors (Lipinski definition) is 0. The highest BCUT2D eigenvalue weighted by Gasteiger charge is 2.40. The van der Waals surface area contributed by atoms with Crippen LogP contribution in [0.2, 0.25) is 0 Å². The van der Waals surface area contributed by atoms with Gasteiger partial charge in [0, 0.05) is 55.2 Å². The molecular formula is C39H36N2O9S. The summed E-state index contributed by atoms with van der Waals surface area (Å²) in [6.07, 6.45) is 1.03. The van der Waals surface area contributed by atoms with Gasteiger partial charge in [-0.05, 0) is 54.6 Å². The lowest BCUT2D eigenvalue weighted by molar-refractivity contribution is -0.151. The van der Waals surface area contributed by atoms with Crippen molar-refractivity contribution in [3.63, 3.8) is 0 Å². The van der Waals surface area contributed by atoms with Crippen molar-refractivity contribution >= 4 is 46.8 Å². The van der Waals surface area contributed by atoms with Gasteiger partial charge in [0.2, 0.25) is 35.4 Å². The molecule has 51 heavy (non-hydrogen) atoms. The summed E-state index contributed by atoms with van der Waals surface area (Å²) in [5.74, 6) is -1.63. The van der Waals surface area contributed by atoms with Gasteiger partial charge in [-0.2, -0.15) is 0 Å². The third kappa shape index (κ3) is 7.91. The Morgan fingerprint density at radius 1 is 0.569 bits per heavy atom. The average Bonchev–Trinajstić information content (AvgIpc) is 3.88. The van der Waals surface area contributed by atoms with Crippen molar-refractivity contribution in [1.29, 1.82) is 0 Å². The molecule has 2 fully saturated rings. The maximum Gasteiger partial charge on any atom is 0.236 e. The topological polar surface area (TPSA) is 137 Å². The number of likely N-dealkylation sites (tertiary alicyclic amines) is 2. The van der Waals surface area contributed by atoms with Crippen LogP contribution in [0.5, 0.6) is 16.6 Å². The molecule has 6 amide bonds. The molecule has 1 aromatic heterocycles. The van der Waals surface area contributed by atoms with Crippen molar-refractivity contribution in [3.05, 3.63) is 113 Å². The Kier molecular flexibility index (Phi) is 11.0. The maximum absolute atomic E-state index is 12.4. The van der Waals surface area contributed by atoms with Crippen LogP contribution in [0.25, 0.3) is 0 Å². The number of amides is 6. The molecule has 0 aliphatic carbocycles. The second-order valence-corrected chi connectivity index (χ2v) is 13.0. The Hall–Kier alpha value is -5.62. The largest absolute Gasteiger partial charge is 0.494 e. The minimum atomic E-state index is -1.08. The van der Waals surface area contributed by atoms with Gasteiger partial charge in [-0.1, -0.05) is 54.6 Å². The van der Waals surface area contributed by atoms with Crippen molar-refractivity contribution < 1.29 is 43.0 Å². The van der Waals surface area contributed by atoms with Gasteiger partial charge in [0.25, 0.3) is 0 Å². The van der Waals surface area contributed by atoms with Crippen LogP contribution in [0.4, 0.5) is 0 Å². The van der Waals surface area contributed by atoms with Crippen molar-refractivity contribution in [3.8, 4) is 16.6 Å². The van der Waals surface area contributed by atoms with E-state index in [0.717, 1.165) is 26.5 Å². The number of hydrogen-bond acceptors (Lipinski definition) is 10. The Labute approximate surface area is 298 Å². The predicted octanol–water partition coefficient (Wildman–Crippen LogP) is 5.79. The molecule has 0 N–H and O–H groups in total. The first-order chi connectivity index (χ1) is 24.8. The summed E-state index contributed by atoms with van der Waals surface area (Å²) in [5, 5.41) is 2.65. The van der Waals surface area contributed by atoms with Gasteiger partial charge in [-0.3, -0.25) is 28.8 Å². The maximum atomic E-state index is 12.4. The second kappa shape index (κ2) is 15.9. The zero-order valence-electron chi connectivity index (χ0n) is 27.8. The Morgan fingerprint density at radius 3 is 1.41 bits per heavy atom. The molecule has 0 saturated carbocycles. The lowest BCUT2D eigenvalue weighted by atomic mass is 9.80. The van der Waals surface area contributed by atoms with E-state index in [1.807, 2.05) is 96.4 Å². The molecule has 262 valence electrons. The number of rotatable bonds is 15. The molecular weight excluding hydrogens is 673 g/mol. The molecule has 0 bridgehead atoms. The van der Waals surface area contributed by atoms with E-state index >= 15 is 0 Å². The van der Waals surface area contributed by atoms with Gasteiger partial charge >= 0.3 is 0 Å². The Bertz CT molecular complexity index is 1760. The standard InChI is InChI=1S/C39H36N2O9S/c42-32(40-34(44)20-21-35(40)45)9-4-24-48-30-16-12-28(13-17-30)39(27-7-2-1-3-8-27,50-38-11-6-26-51-38)29-14-18-31(19-15-29)49-25-5-10-33(43)41-36(46)22-23-37(41)47/h1-3,6-8,11-19,26H,4-5,9-10,20-25H2. The highest BCUT2D eigenvalue weighted by Crippen LogP contribution is 2.43. The molecule has 0 spiro atoms. The zero-order valence-corrected chi connectivity index (χ0v) is 28.6. The van der Waals surface area contributed by atoms with Crippen LogP contribution in [0.3, 0.4) is 0 Å². The van der Waals surface area contributed by atoms with Crippen LogP contribution in [0.1, 0.15) is 68.1 Å². The number of thiophene rings is 1. The third-order valence-electron chi connectivity index (χ3n) is 8.66. The third-order valence-corrected chi connectivity index (χ3v) is 9.40. The molecule has 2 aliphatic heterocycles. The first kappa shape index (κ1) is 35.2. The highest BCUT2D eigenvalue weighted by molar-refractivity contribution is 7.11. The Morgan fingerprint density at radius 2 is 1.00 bits per heavy atom. The van der Waals surface area contributed by atoms with Gasteiger partial charge in [0.15, 0.2) is 10.7 Å². The van der Waals surface area contributed by atoms with Crippen LogP contribution in [0, 0.1) is 0 Å². The smallest absolute Gasteiger partial charge is 0.236 e. The van der Waals surface area contributed by atoms with E-state index in [1.165, 1.54) is 11.3 Å². The van der Waals surface area contributed by atoms with E-state index in [1.54, 1.807) is 0 Å². The lowest BCUT2D eigenvalue weighted by Crippen LogP contribution is -2.36. The molecule has 0 radical (unpaired) electrons. The van der Waals surface area contributed by atoms with Gasteiger partial charge < -0.3 is 14.2 Å². The average molecular weight is 709 g/mol. The quantitative estimate of drug-likeness (QED) is 0.0854. The number of carbonyl (C=O) groups excluding carboxylic acids is 6. The fourth-order valence-corrected chi connectivity index (χ4v) is 6.78. The lowest BCUT2D eigenvalue weighted by Gasteiger charge is -2.36. The van der Waals surface area contributed by atoms with Crippen LogP contribution >= 0.6 is 11.3 Å². The van der Waals surface area contributed by atoms with E-state index in [0.29, 0.717) is 29.4 Å². The van der Waals surface area contributed by atoms with Gasteiger partial charge in [-0.25, -0.2) is 9.80 Å². The molecule has 3 aromatic carbocycles.